The van der Waals surface area contributed by atoms with Crippen LogP contribution in [0.2, 0.25) is 0 Å². The molecule has 0 fully saturated rings. The molecule has 0 unspecified atom stereocenters. The lowest BCUT2D eigenvalue weighted by molar-refractivity contribution is 0.660. The maximum atomic E-state index is 2.40. The Hall–Kier alpha value is -5.96. The summed E-state index contributed by atoms with van der Waals surface area (Å²) in [4.78, 5) is 2.40. The molecule has 10 rings (SSSR count). The third-order valence-corrected chi connectivity index (χ3v) is 12.1. The Balaban J connectivity index is 1.07. The molecule has 1 aliphatic carbocycles. The van der Waals surface area contributed by atoms with Crippen molar-refractivity contribution in [3.8, 4) is 33.4 Å². The maximum absolute atomic E-state index is 2.40. The fourth-order valence-corrected chi connectivity index (χ4v) is 9.43. The molecular weight excluding hydrogens is 635 g/mol. The summed E-state index contributed by atoms with van der Waals surface area (Å²) in [7, 11) is 0. The smallest absolute Gasteiger partial charge is 0.0468 e. The molecule has 0 atom stereocenters. The summed E-state index contributed by atoms with van der Waals surface area (Å²) >= 11 is 1.89. The summed E-state index contributed by atoms with van der Waals surface area (Å²) in [6.07, 6.45) is 0. The summed E-state index contributed by atoms with van der Waals surface area (Å²) in [6, 6.07) is 64.8. The molecule has 51 heavy (non-hydrogen) atoms. The first-order chi connectivity index (χ1) is 25.0. The third kappa shape index (κ3) is 4.82. The van der Waals surface area contributed by atoms with Crippen molar-refractivity contribution >= 4 is 59.3 Å². The zero-order valence-electron chi connectivity index (χ0n) is 28.6. The predicted molar refractivity (Wildman–Crippen MR) is 220 cm³/mol. The van der Waals surface area contributed by atoms with Gasteiger partial charge in [0.05, 0.1) is 0 Å². The van der Waals surface area contributed by atoms with Crippen LogP contribution >= 0.6 is 11.3 Å². The minimum atomic E-state index is -0.0315. The van der Waals surface area contributed by atoms with E-state index in [1.165, 1.54) is 75.5 Å². The molecule has 242 valence electrons. The average Bonchev–Trinajstić information content (AvgIpc) is 3.67. The van der Waals surface area contributed by atoms with Crippen LogP contribution in [0.15, 0.2) is 176 Å². The molecule has 0 N–H and O–H groups in total. The Morgan fingerprint density at radius 1 is 0.412 bits per heavy atom. The summed E-state index contributed by atoms with van der Waals surface area (Å²) < 4.78 is 2.69. The van der Waals surface area contributed by atoms with Crippen molar-refractivity contribution in [2.75, 3.05) is 4.90 Å². The third-order valence-electron chi connectivity index (χ3n) is 10.9. The molecule has 0 bridgehead atoms. The molecule has 1 nitrogen and oxygen atoms in total. The van der Waals surface area contributed by atoms with Crippen LogP contribution in [0.5, 0.6) is 0 Å². The van der Waals surface area contributed by atoms with Gasteiger partial charge in [0.1, 0.15) is 0 Å². The van der Waals surface area contributed by atoms with Crippen LogP contribution in [0.25, 0.3) is 64.3 Å². The second-order valence-corrected chi connectivity index (χ2v) is 15.2. The first kappa shape index (κ1) is 29.9. The second kappa shape index (κ2) is 11.6. The lowest BCUT2D eigenvalue weighted by atomic mass is 9.82. The Morgan fingerprint density at radius 2 is 1.02 bits per heavy atom. The van der Waals surface area contributed by atoms with Crippen LogP contribution < -0.4 is 4.90 Å². The van der Waals surface area contributed by atoms with E-state index in [9.17, 15) is 0 Å². The van der Waals surface area contributed by atoms with Crippen molar-refractivity contribution in [1.82, 2.24) is 0 Å². The molecule has 1 aliphatic rings. The van der Waals surface area contributed by atoms with Gasteiger partial charge in [-0.15, -0.1) is 11.3 Å². The summed E-state index contributed by atoms with van der Waals surface area (Å²) in [5.74, 6) is 0. The van der Waals surface area contributed by atoms with Crippen molar-refractivity contribution in [2.24, 2.45) is 0 Å². The van der Waals surface area contributed by atoms with E-state index >= 15 is 0 Å². The molecule has 1 aromatic heterocycles. The van der Waals surface area contributed by atoms with Gasteiger partial charge in [0.2, 0.25) is 0 Å². The number of benzene rings is 8. The molecule has 0 saturated heterocycles. The molecule has 9 aromatic rings. The van der Waals surface area contributed by atoms with Crippen LogP contribution in [0, 0.1) is 0 Å². The minimum Gasteiger partial charge on any atom is -0.310 e. The Bertz CT molecular complexity index is 2750. The standard InChI is InChI=1S/C49H35NS/c1-49(2)45-15-9-8-14-41(45)43-31-39(26-28-46(43)49)50(37-22-16-33(17-23-37)32-10-4-3-5-11-32)38-24-18-34(19-25-38)36-21-29-47-44(30-36)42-27-20-35-12-6-7-13-40(35)48(42)51-47/h3-31H,1-2H3. The molecule has 8 aromatic carbocycles. The van der Waals surface area contributed by atoms with Gasteiger partial charge in [0, 0.05) is 42.6 Å². The van der Waals surface area contributed by atoms with Crippen LogP contribution in [0.3, 0.4) is 0 Å². The first-order valence-electron chi connectivity index (χ1n) is 17.7. The first-order valence-corrected chi connectivity index (χ1v) is 18.5. The molecule has 0 saturated carbocycles. The van der Waals surface area contributed by atoms with Gasteiger partial charge in [-0.3, -0.25) is 0 Å². The van der Waals surface area contributed by atoms with E-state index in [0.29, 0.717) is 0 Å². The Morgan fingerprint density at radius 3 is 1.80 bits per heavy atom. The summed E-state index contributed by atoms with van der Waals surface area (Å²) in [5.41, 5.74) is 13.7. The van der Waals surface area contributed by atoms with Gasteiger partial charge < -0.3 is 4.90 Å². The highest BCUT2D eigenvalue weighted by Gasteiger charge is 2.35. The van der Waals surface area contributed by atoms with Crippen molar-refractivity contribution < 1.29 is 0 Å². The van der Waals surface area contributed by atoms with Crippen molar-refractivity contribution in [2.45, 2.75) is 19.3 Å². The molecule has 0 aliphatic heterocycles. The largest absolute Gasteiger partial charge is 0.310 e. The van der Waals surface area contributed by atoms with Gasteiger partial charge in [-0.25, -0.2) is 0 Å². The number of fused-ring (bicyclic) bond motifs is 8. The van der Waals surface area contributed by atoms with Gasteiger partial charge in [-0.2, -0.15) is 0 Å². The highest BCUT2D eigenvalue weighted by molar-refractivity contribution is 7.26. The lowest BCUT2D eigenvalue weighted by Gasteiger charge is -2.27. The summed E-state index contributed by atoms with van der Waals surface area (Å²) in [6.45, 7) is 4.68. The SMILES string of the molecule is CC1(C)c2ccccc2-c2cc(N(c3ccc(-c4ccccc4)cc3)c3ccc(-c4ccc5sc6c7ccccc7ccc6c5c4)cc3)ccc21. The van der Waals surface area contributed by atoms with E-state index in [0.717, 1.165) is 17.1 Å². The van der Waals surface area contributed by atoms with Crippen LogP contribution in [0.4, 0.5) is 17.1 Å². The van der Waals surface area contributed by atoms with Crippen molar-refractivity contribution in [3.05, 3.63) is 187 Å². The minimum absolute atomic E-state index is 0.0315. The second-order valence-electron chi connectivity index (χ2n) is 14.2. The number of hydrogen-bond acceptors (Lipinski definition) is 2. The Kier molecular flexibility index (Phi) is 6.78. The maximum Gasteiger partial charge on any atom is 0.0468 e. The van der Waals surface area contributed by atoms with E-state index in [-0.39, 0.29) is 5.41 Å². The number of rotatable bonds is 5. The normalized spacial score (nSPS) is 13.1. The number of thiophene rings is 1. The zero-order valence-corrected chi connectivity index (χ0v) is 29.4. The molecule has 0 amide bonds. The van der Waals surface area contributed by atoms with Gasteiger partial charge in [0.25, 0.3) is 0 Å². The van der Waals surface area contributed by atoms with Crippen LogP contribution in [-0.2, 0) is 5.41 Å². The van der Waals surface area contributed by atoms with Crippen molar-refractivity contribution in [3.63, 3.8) is 0 Å². The predicted octanol–water partition coefficient (Wildman–Crippen LogP) is 14.3. The number of anilines is 3. The highest BCUT2D eigenvalue weighted by Crippen LogP contribution is 2.50. The molecule has 0 radical (unpaired) electrons. The van der Waals surface area contributed by atoms with Crippen molar-refractivity contribution in [1.29, 1.82) is 0 Å². The van der Waals surface area contributed by atoms with E-state index in [2.05, 4.69) is 195 Å². The topological polar surface area (TPSA) is 3.24 Å². The highest BCUT2D eigenvalue weighted by atomic mass is 32.1. The molecule has 2 heteroatoms. The van der Waals surface area contributed by atoms with Crippen LogP contribution in [-0.4, -0.2) is 0 Å². The fraction of sp³-hybridized carbons (Fsp3) is 0.0612. The molecule has 1 heterocycles. The molecule has 0 spiro atoms. The van der Waals surface area contributed by atoms with Crippen LogP contribution in [0.1, 0.15) is 25.0 Å². The van der Waals surface area contributed by atoms with E-state index in [1.54, 1.807) is 0 Å². The van der Waals surface area contributed by atoms with Gasteiger partial charge in [-0.05, 0) is 104 Å². The molecular formula is C49H35NS. The average molecular weight is 670 g/mol. The number of hydrogen-bond donors (Lipinski definition) is 0. The van der Waals surface area contributed by atoms with Gasteiger partial charge in [0.15, 0.2) is 0 Å². The van der Waals surface area contributed by atoms with E-state index < -0.39 is 0 Å². The van der Waals surface area contributed by atoms with E-state index in [1.807, 2.05) is 11.3 Å². The monoisotopic (exact) mass is 669 g/mol. The summed E-state index contributed by atoms with van der Waals surface area (Å²) in [5, 5.41) is 5.28. The lowest BCUT2D eigenvalue weighted by Crippen LogP contribution is -2.15. The quantitative estimate of drug-likeness (QED) is 0.176. The van der Waals surface area contributed by atoms with Gasteiger partial charge in [-0.1, -0.05) is 141 Å². The Labute approximate surface area is 302 Å². The number of nitrogens with zero attached hydrogens (tertiary/aromatic N) is 1. The fourth-order valence-electron chi connectivity index (χ4n) is 8.22. The van der Waals surface area contributed by atoms with Gasteiger partial charge >= 0.3 is 0 Å². The zero-order chi connectivity index (χ0) is 34.1. The van der Waals surface area contributed by atoms with E-state index in [4.69, 9.17) is 0 Å².